The van der Waals surface area contributed by atoms with Crippen LogP contribution in [0.1, 0.15) is 11.3 Å². The zero-order chi connectivity index (χ0) is 13.1. The van der Waals surface area contributed by atoms with Gasteiger partial charge in [-0.25, -0.2) is 9.97 Å². The molecule has 0 bridgehead atoms. The number of aromatic nitrogens is 3. The molecule has 2 aromatic rings. The van der Waals surface area contributed by atoms with E-state index in [4.69, 9.17) is 16.9 Å². The van der Waals surface area contributed by atoms with E-state index in [2.05, 4.69) is 25.9 Å². The number of nitriles is 1. The Labute approximate surface area is 116 Å². The van der Waals surface area contributed by atoms with Gasteiger partial charge in [0, 0.05) is 11.8 Å². The number of halogens is 2. The molecular weight excluding hydrogens is 320 g/mol. The van der Waals surface area contributed by atoms with Gasteiger partial charge in [0.25, 0.3) is 5.56 Å². The van der Waals surface area contributed by atoms with Crippen LogP contribution < -0.4 is 5.56 Å². The van der Waals surface area contributed by atoms with Gasteiger partial charge >= 0.3 is 0 Å². The minimum absolute atomic E-state index is 0.114. The highest BCUT2D eigenvalue weighted by molar-refractivity contribution is 9.10. The third-order valence-electron chi connectivity index (χ3n) is 2.28. The third kappa shape index (κ3) is 2.42. The van der Waals surface area contributed by atoms with Crippen LogP contribution in [-0.4, -0.2) is 14.5 Å². The lowest BCUT2D eigenvalue weighted by molar-refractivity contribution is 0.726. The van der Waals surface area contributed by atoms with Crippen molar-refractivity contribution in [1.82, 2.24) is 14.5 Å². The Morgan fingerprint density at radius 2 is 2.28 bits per heavy atom. The van der Waals surface area contributed by atoms with E-state index in [1.807, 2.05) is 6.07 Å². The van der Waals surface area contributed by atoms with Crippen molar-refractivity contribution in [3.63, 3.8) is 0 Å². The molecule has 18 heavy (non-hydrogen) atoms. The molecule has 5 nitrogen and oxygen atoms in total. The standard InChI is InChI=1S/C11H6BrClN4O/c12-9-10(13)16-6-17(11(9)18)5-7-2-1-3-15-8(7)4-14/h1-3,6H,5H2. The lowest BCUT2D eigenvalue weighted by Gasteiger charge is -2.07. The minimum atomic E-state index is -0.303. The number of hydrogen-bond acceptors (Lipinski definition) is 4. The highest BCUT2D eigenvalue weighted by Crippen LogP contribution is 2.14. The van der Waals surface area contributed by atoms with Gasteiger partial charge in [0.15, 0.2) is 5.15 Å². The van der Waals surface area contributed by atoms with Gasteiger partial charge in [-0.1, -0.05) is 17.7 Å². The van der Waals surface area contributed by atoms with Crippen LogP contribution in [-0.2, 0) is 6.54 Å². The summed E-state index contributed by atoms with van der Waals surface area (Å²) in [5, 5.41) is 9.03. The molecule has 0 aromatic carbocycles. The van der Waals surface area contributed by atoms with Gasteiger partial charge in [0.2, 0.25) is 0 Å². The molecule has 2 aromatic heterocycles. The molecule has 0 spiro atoms. The molecule has 0 aliphatic carbocycles. The molecule has 0 N–H and O–H groups in total. The van der Waals surface area contributed by atoms with E-state index in [-0.39, 0.29) is 27.4 Å². The molecule has 7 heteroatoms. The van der Waals surface area contributed by atoms with E-state index in [0.29, 0.717) is 5.56 Å². The van der Waals surface area contributed by atoms with Crippen molar-refractivity contribution in [2.45, 2.75) is 6.54 Å². The van der Waals surface area contributed by atoms with Gasteiger partial charge in [-0.3, -0.25) is 9.36 Å². The van der Waals surface area contributed by atoms with Crippen molar-refractivity contribution in [2.75, 3.05) is 0 Å². The van der Waals surface area contributed by atoms with Crippen LogP contribution in [0.4, 0.5) is 0 Å². The van der Waals surface area contributed by atoms with Crippen LogP contribution in [0.15, 0.2) is 33.9 Å². The predicted octanol–water partition coefficient (Wildman–Crippen LogP) is 1.97. The van der Waals surface area contributed by atoms with Crippen molar-refractivity contribution in [3.8, 4) is 6.07 Å². The normalized spacial score (nSPS) is 10.1. The Morgan fingerprint density at radius 1 is 1.50 bits per heavy atom. The van der Waals surface area contributed by atoms with Gasteiger partial charge in [-0.2, -0.15) is 5.26 Å². The van der Waals surface area contributed by atoms with E-state index < -0.39 is 0 Å². The molecular formula is C11H6BrClN4O. The number of hydrogen-bond donors (Lipinski definition) is 0. The van der Waals surface area contributed by atoms with E-state index in [9.17, 15) is 4.79 Å². The summed E-state index contributed by atoms with van der Waals surface area (Å²) < 4.78 is 1.56. The highest BCUT2D eigenvalue weighted by Gasteiger charge is 2.09. The van der Waals surface area contributed by atoms with Crippen molar-refractivity contribution < 1.29 is 0 Å². The van der Waals surface area contributed by atoms with Crippen LogP contribution >= 0.6 is 27.5 Å². The van der Waals surface area contributed by atoms with Crippen molar-refractivity contribution in [1.29, 1.82) is 5.26 Å². The van der Waals surface area contributed by atoms with Crippen LogP contribution in [0.25, 0.3) is 0 Å². The molecule has 0 unspecified atom stereocenters. The van der Waals surface area contributed by atoms with Gasteiger partial charge in [-0.15, -0.1) is 0 Å². The first-order valence-electron chi connectivity index (χ1n) is 4.88. The van der Waals surface area contributed by atoms with Crippen molar-refractivity contribution in [3.05, 3.63) is 55.9 Å². The Morgan fingerprint density at radius 3 is 3.00 bits per heavy atom. The second-order valence-electron chi connectivity index (χ2n) is 3.41. The molecule has 0 atom stereocenters. The molecule has 0 saturated carbocycles. The van der Waals surface area contributed by atoms with E-state index in [1.165, 1.54) is 17.1 Å². The maximum absolute atomic E-state index is 11.9. The molecule has 2 heterocycles. The summed E-state index contributed by atoms with van der Waals surface area (Å²) in [6.07, 6.45) is 2.87. The quantitative estimate of drug-likeness (QED) is 0.792. The average Bonchev–Trinajstić information content (AvgIpc) is 2.40. The molecule has 0 fully saturated rings. The topological polar surface area (TPSA) is 71.6 Å². The Kier molecular flexibility index (Phi) is 3.75. The number of rotatable bonds is 2. The van der Waals surface area contributed by atoms with Gasteiger partial charge in [0.05, 0.1) is 12.9 Å². The molecule has 0 aliphatic rings. The fourth-order valence-electron chi connectivity index (χ4n) is 1.41. The second kappa shape index (κ2) is 5.29. The summed E-state index contributed by atoms with van der Waals surface area (Å²) in [6, 6.07) is 5.42. The highest BCUT2D eigenvalue weighted by atomic mass is 79.9. The molecule has 90 valence electrons. The predicted molar refractivity (Wildman–Crippen MR) is 69.3 cm³/mol. The lowest BCUT2D eigenvalue weighted by Crippen LogP contribution is -2.22. The van der Waals surface area contributed by atoms with Gasteiger partial charge in [0.1, 0.15) is 16.2 Å². The largest absolute Gasteiger partial charge is 0.294 e. The summed E-state index contributed by atoms with van der Waals surface area (Å²) >= 11 is 8.78. The first-order chi connectivity index (χ1) is 8.63. The number of pyridine rings is 1. The summed E-state index contributed by atoms with van der Waals surface area (Å²) in [4.78, 5) is 19.7. The average molecular weight is 326 g/mol. The van der Waals surface area contributed by atoms with Crippen LogP contribution in [0.3, 0.4) is 0 Å². The SMILES string of the molecule is N#Cc1ncccc1Cn1cnc(Cl)c(Br)c1=O. The monoisotopic (exact) mass is 324 g/mol. The lowest BCUT2D eigenvalue weighted by atomic mass is 10.2. The van der Waals surface area contributed by atoms with Crippen LogP contribution in [0.5, 0.6) is 0 Å². The van der Waals surface area contributed by atoms with E-state index in [1.54, 1.807) is 12.1 Å². The first kappa shape index (κ1) is 12.7. The zero-order valence-corrected chi connectivity index (χ0v) is 11.3. The van der Waals surface area contributed by atoms with E-state index in [0.717, 1.165) is 0 Å². The Balaban J connectivity index is 2.45. The van der Waals surface area contributed by atoms with Crippen LogP contribution in [0, 0.1) is 11.3 Å². The van der Waals surface area contributed by atoms with Gasteiger partial charge < -0.3 is 0 Å². The smallest absolute Gasteiger partial charge is 0.269 e. The summed E-state index contributed by atoms with van der Waals surface area (Å²) in [5.41, 5.74) is 0.635. The van der Waals surface area contributed by atoms with E-state index >= 15 is 0 Å². The molecule has 0 saturated heterocycles. The van der Waals surface area contributed by atoms with Crippen molar-refractivity contribution in [2.24, 2.45) is 0 Å². The maximum atomic E-state index is 11.9. The van der Waals surface area contributed by atoms with Crippen LogP contribution in [0.2, 0.25) is 5.15 Å². The fraction of sp³-hybridized carbons (Fsp3) is 0.0909. The number of nitrogens with zero attached hydrogens (tertiary/aromatic N) is 4. The molecule has 0 aliphatic heterocycles. The van der Waals surface area contributed by atoms with Crippen molar-refractivity contribution >= 4 is 27.5 Å². The molecule has 0 amide bonds. The summed E-state index contributed by atoms with van der Waals surface area (Å²) in [7, 11) is 0. The summed E-state index contributed by atoms with van der Waals surface area (Å²) in [5.74, 6) is 0. The molecule has 2 rings (SSSR count). The zero-order valence-electron chi connectivity index (χ0n) is 8.97. The summed E-state index contributed by atoms with van der Waals surface area (Å²) in [6.45, 7) is 0.221. The Hall–Kier alpha value is -1.71. The molecule has 0 radical (unpaired) electrons. The van der Waals surface area contributed by atoms with Gasteiger partial charge in [-0.05, 0) is 22.0 Å². The second-order valence-corrected chi connectivity index (χ2v) is 4.56. The maximum Gasteiger partial charge on any atom is 0.269 e. The first-order valence-corrected chi connectivity index (χ1v) is 6.05. The Bertz CT molecular complexity index is 692. The fourth-order valence-corrected chi connectivity index (χ4v) is 1.86. The third-order valence-corrected chi connectivity index (χ3v) is 3.51. The minimum Gasteiger partial charge on any atom is -0.294 e.